The maximum Gasteiger partial charge on any atom is 0.342 e. The summed E-state index contributed by atoms with van der Waals surface area (Å²) in [5.74, 6) is -2.33. The van der Waals surface area contributed by atoms with Gasteiger partial charge >= 0.3 is 5.97 Å². The predicted molar refractivity (Wildman–Crippen MR) is 86.5 cm³/mol. The maximum absolute atomic E-state index is 11.8. The lowest BCUT2D eigenvalue weighted by atomic mass is 10.2. The zero-order valence-corrected chi connectivity index (χ0v) is 13.5. The van der Waals surface area contributed by atoms with E-state index >= 15 is 0 Å². The highest BCUT2D eigenvalue weighted by Crippen LogP contribution is 2.23. The lowest BCUT2D eigenvalue weighted by Crippen LogP contribution is -2.21. The van der Waals surface area contributed by atoms with E-state index in [0.717, 1.165) is 12.1 Å². The fourth-order valence-electron chi connectivity index (χ4n) is 1.83. The molecular weight excluding hydrogens is 352 g/mol. The van der Waals surface area contributed by atoms with Gasteiger partial charge in [0.1, 0.15) is 17.1 Å². The minimum atomic E-state index is -3.83. The van der Waals surface area contributed by atoms with Crippen molar-refractivity contribution in [2.75, 3.05) is 11.9 Å². The molecule has 0 radical (unpaired) electrons. The number of nitrogens with one attached hydrogen (secondary N) is 1. The fraction of sp³-hybridized carbons (Fsp3) is 0.0667. The Morgan fingerprint density at radius 3 is 2.28 bits per heavy atom. The lowest BCUT2D eigenvalue weighted by Gasteiger charge is -2.08. The van der Waals surface area contributed by atoms with E-state index in [9.17, 15) is 23.1 Å². The molecular formula is C15H14N2O7S. The minimum absolute atomic E-state index is 0.111. The van der Waals surface area contributed by atoms with Crippen molar-refractivity contribution in [3.05, 3.63) is 48.0 Å². The number of aromatic hydroxyl groups is 2. The summed E-state index contributed by atoms with van der Waals surface area (Å²) < 4.78 is 27.0. The Morgan fingerprint density at radius 2 is 1.72 bits per heavy atom. The van der Waals surface area contributed by atoms with E-state index < -0.39 is 34.3 Å². The number of ether oxygens (including phenoxy) is 1. The number of esters is 1. The standard InChI is InChI=1S/C15H14N2O7S/c16-25(22,23)11-4-1-9(2-5-11)17-14(20)8-24-15(21)12-6-3-10(18)7-13(12)19/h1-7,18-19H,8H2,(H,17,20)(H2,16,22,23). The molecule has 0 bridgehead atoms. The van der Waals surface area contributed by atoms with E-state index in [4.69, 9.17) is 15.0 Å². The summed E-state index contributed by atoms with van der Waals surface area (Å²) in [6.45, 7) is -0.629. The third-order valence-corrected chi connectivity index (χ3v) is 3.93. The van der Waals surface area contributed by atoms with Gasteiger partial charge in [-0.3, -0.25) is 4.79 Å². The summed E-state index contributed by atoms with van der Waals surface area (Å²) >= 11 is 0. The zero-order chi connectivity index (χ0) is 18.6. The summed E-state index contributed by atoms with van der Waals surface area (Å²) in [6.07, 6.45) is 0. The molecule has 0 fully saturated rings. The molecule has 1 amide bonds. The average molecular weight is 366 g/mol. The van der Waals surface area contributed by atoms with Crippen LogP contribution in [0.1, 0.15) is 10.4 Å². The molecule has 0 atom stereocenters. The summed E-state index contributed by atoms with van der Waals surface area (Å²) in [5.41, 5.74) is 0.0732. The molecule has 10 heteroatoms. The van der Waals surface area contributed by atoms with Crippen LogP contribution in [0.15, 0.2) is 47.4 Å². The van der Waals surface area contributed by atoms with Crippen molar-refractivity contribution in [3.8, 4) is 11.5 Å². The van der Waals surface area contributed by atoms with Crippen LogP contribution in [0, 0.1) is 0 Å². The largest absolute Gasteiger partial charge is 0.508 e. The van der Waals surface area contributed by atoms with Crippen molar-refractivity contribution in [2.45, 2.75) is 4.90 Å². The first-order valence-corrected chi connectivity index (χ1v) is 8.33. The van der Waals surface area contributed by atoms with Gasteiger partial charge in [-0.1, -0.05) is 0 Å². The molecule has 0 aliphatic heterocycles. The van der Waals surface area contributed by atoms with E-state index in [-0.39, 0.29) is 21.9 Å². The number of carbonyl (C=O) groups excluding carboxylic acids is 2. The summed E-state index contributed by atoms with van der Waals surface area (Å²) in [4.78, 5) is 23.4. The molecule has 9 nitrogen and oxygen atoms in total. The van der Waals surface area contributed by atoms with E-state index in [1.165, 1.54) is 30.3 Å². The Morgan fingerprint density at radius 1 is 1.08 bits per heavy atom. The molecule has 0 unspecified atom stereocenters. The van der Waals surface area contributed by atoms with Gasteiger partial charge in [0.2, 0.25) is 10.0 Å². The predicted octanol–water partition coefficient (Wildman–Crippen LogP) is 0.541. The number of rotatable bonds is 5. The van der Waals surface area contributed by atoms with Gasteiger partial charge < -0.3 is 20.3 Å². The average Bonchev–Trinajstić information content (AvgIpc) is 2.52. The Bertz CT molecular complexity index is 908. The van der Waals surface area contributed by atoms with Crippen LogP contribution in [-0.2, 0) is 19.6 Å². The zero-order valence-electron chi connectivity index (χ0n) is 12.7. The summed E-state index contributed by atoms with van der Waals surface area (Å²) in [5, 5.41) is 26.0. The molecule has 132 valence electrons. The first-order valence-electron chi connectivity index (χ1n) is 6.78. The molecule has 0 aliphatic carbocycles. The van der Waals surface area contributed by atoms with Crippen LogP contribution >= 0.6 is 0 Å². The van der Waals surface area contributed by atoms with Crippen LogP contribution in [0.25, 0.3) is 0 Å². The molecule has 0 aromatic heterocycles. The number of amides is 1. The van der Waals surface area contributed by atoms with Crippen molar-refractivity contribution >= 4 is 27.6 Å². The van der Waals surface area contributed by atoms with Crippen molar-refractivity contribution in [2.24, 2.45) is 5.14 Å². The number of nitrogens with two attached hydrogens (primary N) is 1. The fourth-order valence-corrected chi connectivity index (χ4v) is 2.34. The van der Waals surface area contributed by atoms with Gasteiger partial charge in [0.05, 0.1) is 4.90 Å². The number of phenolic OH excluding ortho intramolecular Hbond substituents is 2. The molecule has 0 saturated carbocycles. The third-order valence-electron chi connectivity index (χ3n) is 3.00. The summed E-state index contributed by atoms with van der Waals surface area (Å²) in [7, 11) is -3.83. The van der Waals surface area contributed by atoms with Crippen LogP contribution < -0.4 is 10.5 Å². The smallest absolute Gasteiger partial charge is 0.342 e. The van der Waals surface area contributed by atoms with Gasteiger partial charge in [0, 0.05) is 11.8 Å². The first kappa shape index (κ1) is 18.2. The number of sulfonamides is 1. The normalized spacial score (nSPS) is 10.9. The number of benzene rings is 2. The van der Waals surface area contributed by atoms with Crippen molar-refractivity contribution < 1.29 is 33.0 Å². The Hall–Kier alpha value is -3.11. The molecule has 5 N–H and O–H groups in total. The summed E-state index contributed by atoms with van der Waals surface area (Å²) in [6, 6.07) is 8.37. The van der Waals surface area contributed by atoms with Crippen LogP contribution in [0.3, 0.4) is 0 Å². The van der Waals surface area contributed by atoms with Crippen LogP contribution in [0.4, 0.5) is 5.69 Å². The second-order valence-electron chi connectivity index (χ2n) is 4.90. The number of hydrogen-bond acceptors (Lipinski definition) is 7. The maximum atomic E-state index is 11.8. The first-order chi connectivity index (χ1) is 11.7. The SMILES string of the molecule is NS(=O)(=O)c1ccc(NC(=O)COC(=O)c2ccc(O)cc2O)cc1. The number of hydrogen-bond donors (Lipinski definition) is 4. The Labute approximate surface area is 142 Å². The van der Waals surface area contributed by atoms with Gasteiger partial charge in [0.25, 0.3) is 5.91 Å². The number of carbonyl (C=O) groups is 2. The van der Waals surface area contributed by atoms with Crippen LogP contribution in [0.5, 0.6) is 11.5 Å². The molecule has 0 aliphatic rings. The molecule has 0 heterocycles. The highest BCUT2D eigenvalue weighted by atomic mass is 32.2. The van der Waals surface area contributed by atoms with Gasteiger partial charge in [0.15, 0.2) is 6.61 Å². The molecule has 25 heavy (non-hydrogen) atoms. The molecule has 2 rings (SSSR count). The van der Waals surface area contributed by atoms with E-state index in [1.54, 1.807) is 0 Å². The highest BCUT2D eigenvalue weighted by molar-refractivity contribution is 7.89. The third kappa shape index (κ3) is 4.93. The lowest BCUT2D eigenvalue weighted by molar-refractivity contribution is -0.119. The van der Waals surface area contributed by atoms with Crippen molar-refractivity contribution in [1.82, 2.24) is 0 Å². The second-order valence-corrected chi connectivity index (χ2v) is 6.46. The molecule has 0 saturated heterocycles. The molecule has 2 aromatic rings. The second kappa shape index (κ2) is 7.20. The number of phenols is 2. The molecule has 0 spiro atoms. The van der Waals surface area contributed by atoms with Crippen molar-refractivity contribution in [1.29, 1.82) is 0 Å². The van der Waals surface area contributed by atoms with Crippen LogP contribution in [-0.4, -0.2) is 37.1 Å². The van der Waals surface area contributed by atoms with Gasteiger partial charge in [-0.2, -0.15) is 0 Å². The quantitative estimate of drug-likeness (QED) is 0.563. The number of anilines is 1. The van der Waals surface area contributed by atoms with Gasteiger partial charge in [-0.15, -0.1) is 0 Å². The highest BCUT2D eigenvalue weighted by Gasteiger charge is 2.15. The Balaban J connectivity index is 1.93. The van der Waals surface area contributed by atoms with E-state index in [0.29, 0.717) is 0 Å². The van der Waals surface area contributed by atoms with E-state index in [1.807, 2.05) is 0 Å². The molecule has 2 aromatic carbocycles. The minimum Gasteiger partial charge on any atom is -0.508 e. The topological polar surface area (TPSA) is 156 Å². The van der Waals surface area contributed by atoms with Gasteiger partial charge in [-0.25, -0.2) is 18.4 Å². The van der Waals surface area contributed by atoms with Crippen LogP contribution in [0.2, 0.25) is 0 Å². The van der Waals surface area contributed by atoms with Crippen molar-refractivity contribution in [3.63, 3.8) is 0 Å². The Kier molecular flexibility index (Phi) is 5.25. The number of primary sulfonamides is 1. The van der Waals surface area contributed by atoms with E-state index in [2.05, 4.69) is 5.32 Å². The van der Waals surface area contributed by atoms with Gasteiger partial charge in [-0.05, 0) is 36.4 Å². The monoisotopic (exact) mass is 366 g/mol.